The lowest BCUT2D eigenvalue weighted by Gasteiger charge is -2.11. The van der Waals surface area contributed by atoms with E-state index in [4.69, 9.17) is 9.41 Å². The molecule has 6 heteroatoms. The minimum atomic E-state index is -0.353. The number of aliphatic hydroxyl groups is 1. The van der Waals surface area contributed by atoms with Gasteiger partial charge in [-0.3, -0.25) is 9.78 Å². The average molecular weight is 464 g/mol. The van der Waals surface area contributed by atoms with Gasteiger partial charge in [-0.1, -0.05) is 42.5 Å². The Morgan fingerprint density at radius 2 is 1.71 bits per heavy atom. The van der Waals surface area contributed by atoms with Crippen LogP contribution in [0.1, 0.15) is 32.7 Å². The van der Waals surface area contributed by atoms with Gasteiger partial charge in [0, 0.05) is 28.2 Å². The van der Waals surface area contributed by atoms with Crippen LogP contribution in [0, 0.1) is 20.8 Å². The Bertz CT molecular complexity index is 1640. The van der Waals surface area contributed by atoms with Crippen molar-refractivity contribution in [2.45, 2.75) is 27.4 Å². The molecule has 5 aromatic rings. The molecular weight excluding hydrogens is 438 g/mol. The van der Waals surface area contributed by atoms with E-state index in [1.165, 1.54) is 0 Å². The third-order valence-electron chi connectivity index (χ3n) is 5.94. The van der Waals surface area contributed by atoms with Gasteiger partial charge in [0.05, 0.1) is 18.0 Å². The first kappa shape index (κ1) is 22.5. The molecule has 2 aromatic heterocycles. The maximum Gasteiger partial charge on any atom is 0.261 e. The lowest BCUT2D eigenvalue weighted by atomic mass is 10.1. The number of amides is 1. The lowest BCUT2D eigenvalue weighted by Crippen LogP contribution is -2.22. The van der Waals surface area contributed by atoms with Crippen molar-refractivity contribution in [2.24, 2.45) is 4.99 Å². The van der Waals surface area contributed by atoms with E-state index in [2.05, 4.69) is 16.4 Å². The first-order chi connectivity index (χ1) is 16.9. The van der Waals surface area contributed by atoms with Crippen molar-refractivity contribution in [3.05, 3.63) is 106 Å². The summed E-state index contributed by atoms with van der Waals surface area (Å²) in [6, 6.07) is 21.3. The fourth-order valence-electron chi connectivity index (χ4n) is 4.32. The Hall–Kier alpha value is -4.29. The predicted molar refractivity (Wildman–Crippen MR) is 138 cm³/mol. The van der Waals surface area contributed by atoms with E-state index in [9.17, 15) is 9.90 Å². The van der Waals surface area contributed by atoms with Crippen molar-refractivity contribution in [1.82, 2.24) is 4.98 Å². The average Bonchev–Trinajstić information content (AvgIpc) is 2.84. The van der Waals surface area contributed by atoms with Crippen molar-refractivity contribution >= 4 is 39.0 Å². The molecule has 1 amide bonds. The number of nitrogens with zero attached hydrogens (tertiary/aromatic N) is 2. The Morgan fingerprint density at radius 1 is 0.971 bits per heavy atom. The summed E-state index contributed by atoms with van der Waals surface area (Å²) in [4.78, 5) is 22.7. The quantitative estimate of drug-likeness (QED) is 0.348. The monoisotopic (exact) mass is 463 g/mol. The van der Waals surface area contributed by atoms with E-state index >= 15 is 0 Å². The summed E-state index contributed by atoms with van der Waals surface area (Å²) in [5, 5.41) is 15.5. The molecule has 2 heterocycles. The van der Waals surface area contributed by atoms with Gasteiger partial charge in [0.15, 0.2) is 5.58 Å². The van der Waals surface area contributed by atoms with E-state index in [0.29, 0.717) is 33.6 Å². The van der Waals surface area contributed by atoms with Crippen molar-refractivity contribution in [2.75, 3.05) is 5.32 Å². The highest BCUT2D eigenvalue weighted by atomic mass is 16.3. The summed E-state index contributed by atoms with van der Waals surface area (Å²) in [5.41, 5.74) is 5.67. The summed E-state index contributed by atoms with van der Waals surface area (Å²) in [6.45, 7) is 5.60. The van der Waals surface area contributed by atoms with Crippen molar-refractivity contribution in [1.29, 1.82) is 0 Å². The SMILES string of the molecule is Cc1cc(C)cc(N=c2oc3c(C)ncc(CO)c3cc2C(=O)Nc2cccc3ccccc23)c1. The van der Waals surface area contributed by atoms with Gasteiger partial charge < -0.3 is 14.8 Å². The second-order valence-corrected chi connectivity index (χ2v) is 8.67. The van der Waals surface area contributed by atoms with Crippen LogP contribution < -0.4 is 10.9 Å². The summed E-state index contributed by atoms with van der Waals surface area (Å²) in [7, 11) is 0. The molecule has 6 nitrogen and oxygen atoms in total. The topological polar surface area (TPSA) is 87.7 Å². The zero-order chi connectivity index (χ0) is 24.5. The van der Waals surface area contributed by atoms with Crippen LogP contribution in [0.15, 0.2) is 82.3 Å². The highest BCUT2D eigenvalue weighted by Crippen LogP contribution is 2.25. The summed E-state index contributed by atoms with van der Waals surface area (Å²) >= 11 is 0. The Balaban J connectivity index is 1.72. The largest absolute Gasteiger partial charge is 0.436 e. The molecule has 174 valence electrons. The number of aromatic nitrogens is 1. The minimum Gasteiger partial charge on any atom is -0.436 e. The smallest absolute Gasteiger partial charge is 0.261 e. The molecule has 35 heavy (non-hydrogen) atoms. The van der Waals surface area contributed by atoms with Gasteiger partial charge in [-0.05, 0) is 61.5 Å². The first-order valence-corrected chi connectivity index (χ1v) is 11.4. The molecule has 0 saturated carbocycles. The molecule has 0 unspecified atom stereocenters. The van der Waals surface area contributed by atoms with Crippen molar-refractivity contribution < 1.29 is 14.3 Å². The van der Waals surface area contributed by atoms with Crippen LogP contribution >= 0.6 is 0 Å². The van der Waals surface area contributed by atoms with Gasteiger partial charge in [-0.2, -0.15) is 0 Å². The molecule has 0 saturated heterocycles. The number of aryl methyl sites for hydroxylation is 3. The molecule has 0 fully saturated rings. The fraction of sp³-hybridized carbons (Fsp3) is 0.138. The molecule has 2 N–H and O–H groups in total. The van der Waals surface area contributed by atoms with Gasteiger partial charge in [-0.15, -0.1) is 0 Å². The number of nitrogens with one attached hydrogen (secondary N) is 1. The molecular formula is C29H25N3O3. The molecule has 0 bridgehead atoms. The van der Waals surface area contributed by atoms with E-state index in [-0.39, 0.29) is 23.6 Å². The highest BCUT2D eigenvalue weighted by Gasteiger charge is 2.17. The van der Waals surface area contributed by atoms with Crippen LogP contribution in [-0.4, -0.2) is 16.0 Å². The summed E-state index contributed by atoms with van der Waals surface area (Å²) < 4.78 is 6.20. The van der Waals surface area contributed by atoms with Gasteiger partial charge in [0.25, 0.3) is 5.91 Å². The third-order valence-corrected chi connectivity index (χ3v) is 5.94. The number of hydrogen-bond acceptors (Lipinski definition) is 5. The number of pyridine rings is 1. The highest BCUT2D eigenvalue weighted by molar-refractivity contribution is 6.10. The zero-order valence-corrected chi connectivity index (χ0v) is 19.8. The van der Waals surface area contributed by atoms with Crippen LogP contribution in [0.3, 0.4) is 0 Å². The molecule has 5 rings (SSSR count). The zero-order valence-electron chi connectivity index (χ0n) is 19.8. The molecule has 0 aliphatic carbocycles. The van der Waals surface area contributed by atoms with Gasteiger partial charge >= 0.3 is 0 Å². The van der Waals surface area contributed by atoms with Gasteiger partial charge in [0.2, 0.25) is 5.55 Å². The summed E-state index contributed by atoms with van der Waals surface area (Å²) in [6.07, 6.45) is 1.60. The van der Waals surface area contributed by atoms with E-state index < -0.39 is 0 Å². The second-order valence-electron chi connectivity index (χ2n) is 8.67. The number of carbonyl (C=O) groups excluding carboxylic acids is 1. The molecule has 0 spiro atoms. The summed E-state index contributed by atoms with van der Waals surface area (Å²) in [5.74, 6) is -0.353. The molecule has 0 aliphatic heterocycles. The number of benzene rings is 3. The van der Waals surface area contributed by atoms with E-state index in [0.717, 1.165) is 21.9 Å². The van der Waals surface area contributed by atoms with Crippen molar-refractivity contribution in [3.63, 3.8) is 0 Å². The predicted octanol–water partition coefficient (Wildman–Crippen LogP) is 5.88. The van der Waals surface area contributed by atoms with Crippen LogP contribution in [0.4, 0.5) is 11.4 Å². The standard InChI is InChI=1S/C29H25N3O3/c1-17-11-18(2)13-22(12-17)31-29-25(14-24-21(16-33)15-30-19(3)27(24)35-29)28(34)32-26-10-6-8-20-7-4-5-9-23(20)26/h4-15,33H,16H2,1-3H3,(H,32,34). The first-order valence-electron chi connectivity index (χ1n) is 11.4. The molecule has 3 aromatic carbocycles. The normalized spacial score (nSPS) is 11.8. The van der Waals surface area contributed by atoms with Gasteiger partial charge in [-0.25, -0.2) is 4.99 Å². The lowest BCUT2D eigenvalue weighted by molar-refractivity contribution is 0.102. The molecule has 0 atom stereocenters. The number of hydrogen-bond donors (Lipinski definition) is 2. The van der Waals surface area contributed by atoms with Crippen molar-refractivity contribution in [3.8, 4) is 0 Å². The van der Waals surface area contributed by atoms with E-state index in [1.807, 2.05) is 75.4 Å². The van der Waals surface area contributed by atoms with Crippen LogP contribution in [0.2, 0.25) is 0 Å². The van der Waals surface area contributed by atoms with E-state index in [1.54, 1.807) is 12.3 Å². The Kier molecular flexibility index (Phi) is 5.89. The Morgan fingerprint density at radius 3 is 2.49 bits per heavy atom. The van der Waals surface area contributed by atoms with Gasteiger partial charge in [0.1, 0.15) is 5.56 Å². The maximum atomic E-state index is 13.6. The number of aliphatic hydroxyl groups excluding tert-OH is 1. The third kappa shape index (κ3) is 4.44. The second kappa shape index (κ2) is 9.16. The van der Waals surface area contributed by atoms with Crippen LogP contribution in [-0.2, 0) is 6.61 Å². The molecule has 0 aliphatic rings. The van der Waals surface area contributed by atoms with Crippen LogP contribution in [0.25, 0.3) is 21.7 Å². The molecule has 0 radical (unpaired) electrons. The minimum absolute atomic E-state index is 0.181. The number of rotatable bonds is 4. The number of carbonyl (C=O) groups is 1. The fourth-order valence-corrected chi connectivity index (χ4v) is 4.32. The maximum absolute atomic E-state index is 13.6. The number of anilines is 1. The number of fused-ring (bicyclic) bond motifs is 2. The Labute approximate surface area is 202 Å². The van der Waals surface area contributed by atoms with Crippen LogP contribution in [0.5, 0.6) is 0 Å².